The smallest absolute Gasteiger partial charge is 0.225 e. The molecule has 3 rings (SSSR count). The Morgan fingerprint density at radius 1 is 1.43 bits per heavy atom. The first-order valence-electron chi connectivity index (χ1n) is 7.95. The van der Waals surface area contributed by atoms with Gasteiger partial charge < -0.3 is 15.2 Å². The van der Waals surface area contributed by atoms with Gasteiger partial charge >= 0.3 is 0 Å². The van der Waals surface area contributed by atoms with Crippen molar-refractivity contribution in [1.29, 1.82) is 0 Å². The van der Waals surface area contributed by atoms with Gasteiger partial charge in [-0.1, -0.05) is 5.16 Å². The van der Waals surface area contributed by atoms with Crippen molar-refractivity contribution in [2.45, 2.75) is 51.5 Å². The third kappa shape index (κ3) is 3.43. The van der Waals surface area contributed by atoms with Crippen LogP contribution in [0.2, 0.25) is 0 Å². The SMILES string of the molecule is Cc1nc(C[C@@H]2CCCN(C(=O)[C@@H]3CC[C@@H](N)C3)C2)no1. The van der Waals surface area contributed by atoms with Crippen molar-refractivity contribution < 1.29 is 9.32 Å². The lowest BCUT2D eigenvalue weighted by atomic mass is 9.93. The van der Waals surface area contributed by atoms with Crippen molar-refractivity contribution in [2.24, 2.45) is 17.6 Å². The maximum atomic E-state index is 12.6. The molecular weight excluding hydrogens is 268 g/mol. The number of hydrogen-bond donors (Lipinski definition) is 1. The molecule has 2 fully saturated rings. The largest absolute Gasteiger partial charge is 0.342 e. The summed E-state index contributed by atoms with van der Waals surface area (Å²) in [4.78, 5) is 18.9. The summed E-state index contributed by atoms with van der Waals surface area (Å²) < 4.78 is 5.02. The minimum absolute atomic E-state index is 0.145. The molecule has 116 valence electrons. The average Bonchev–Trinajstić information content (AvgIpc) is 3.07. The molecule has 0 bridgehead atoms. The molecule has 1 aliphatic heterocycles. The first-order chi connectivity index (χ1) is 10.1. The van der Waals surface area contributed by atoms with Crippen LogP contribution in [0.25, 0.3) is 0 Å². The molecule has 0 unspecified atom stereocenters. The van der Waals surface area contributed by atoms with Crippen LogP contribution in [0.3, 0.4) is 0 Å². The Kier molecular flexibility index (Phi) is 4.24. The van der Waals surface area contributed by atoms with E-state index in [1.165, 1.54) is 0 Å². The summed E-state index contributed by atoms with van der Waals surface area (Å²) >= 11 is 0. The van der Waals surface area contributed by atoms with Gasteiger partial charge in [0.15, 0.2) is 5.82 Å². The number of nitrogens with zero attached hydrogens (tertiary/aromatic N) is 3. The van der Waals surface area contributed by atoms with Crippen LogP contribution in [-0.2, 0) is 11.2 Å². The van der Waals surface area contributed by atoms with Crippen molar-refractivity contribution in [3.8, 4) is 0 Å². The summed E-state index contributed by atoms with van der Waals surface area (Å²) in [7, 11) is 0. The van der Waals surface area contributed by atoms with Crippen LogP contribution in [0.1, 0.15) is 43.8 Å². The number of carbonyl (C=O) groups is 1. The van der Waals surface area contributed by atoms with Crippen molar-refractivity contribution in [3.05, 3.63) is 11.7 Å². The van der Waals surface area contributed by atoms with Crippen LogP contribution < -0.4 is 5.73 Å². The number of hydrogen-bond acceptors (Lipinski definition) is 5. The number of amides is 1. The van der Waals surface area contributed by atoms with Gasteiger partial charge in [0, 0.05) is 38.4 Å². The summed E-state index contributed by atoms with van der Waals surface area (Å²) in [6.07, 6.45) is 5.77. The molecule has 2 heterocycles. The highest BCUT2D eigenvalue weighted by molar-refractivity contribution is 5.79. The Balaban J connectivity index is 1.56. The quantitative estimate of drug-likeness (QED) is 0.907. The Morgan fingerprint density at radius 3 is 2.95 bits per heavy atom. The van der Waals surface area contributed by atoms with Gasteiger partial charge in [-0.25, -0.2) is 0 Å². The molecular formula is C15H24N4O2. The molecule has 1 aromatic heterocycles. The molecule has 6 nitrogen and oxygen atoms in total. The number of carbonyl (C=O) groups excluding carboxylic acids is 1. The third-order valence-electron chi connectivity index (χ3n) is 4.69. The molecule has 1 aliphatic carbocycles. The van der Waals surface area contributed by atoms with E-state index in [0.717, 1.165) is 57.4 Å². The van der Waals surface area contributed by atoms with Crippen molar-refractivity contribution >= 4 is 5.91 Å². The maximum absolute atomic E-state index is 12.6. The standard InChI is InChI=1S/C15H24N4O2/c1-10-17-14(18-21-10)7-11-3-2-6-19(9-11)15(20)12-4-5-13(16)8-12/h11-13H,2-9,16H2,1H3/t11-,12+,13+/m0/s1. The van der Waals surface area contributed by atoms with Gasteiger partial charge in [0.1, 0.15) is 0 Å². The monoisotopic (exact) mass is 292 g/mol. The van der Waals surface area contributed by atoms with Gasteiger partial charge in [-0.15, -0.1) is 0 Å². The highest BCUT2D eigenvalue weighted by Gasteiger charge is 2.33. The van der Waals surface area contributed by atoms with Crippen LogP contribution in [0.15, 0.2) is 4.52 Å². The summed E-state index contributed by atoms with van der Waals surface area (Å²) in [6.45, 7) is 3.50. The number of aryl methyl sites for hydroxylation is 1. The topological polar surface area (TPSA) is 85.2 Å². The Bertz CT molecular complexity index is 502. The predicted octanol–water partition coefficient (Wildman–Crippen LogP) is 1.29. The molecule has 1 saturated carbocycles. The van der Waals surface area contributed by atoms with Crippen LogP contribution >= 0.6 is 0 Å². The minimum Gasteiger partial charge on any atom is -0.342 e. The zero-order valence-corrected chi connectivity index (χ0v) is 12.6. The molecule has 0 radical (unpaired) electrons. The number of piperidine rings is 1. The average molecular weight is 292 g/mol. The van der Waals surface area contributed by atoms with E-state index in [4.69, 9.17) is 10.3 Å². The van der Waals surface area contributed by atoms with Gasteiger partial charge in [0.05, 0.1) is 0 Å². The molecule has 1 aromatic rings. The lowest BCUT2D eigenvalue weighted by Crippen LogP contribution is -2.43. The summed E-state index contributed by atoms with van der Waals surface area (Å²) in [5.74, 6) is 2.25. The van der Waals surface area contributed by atoms with E-state index >= 15 is 0 Å². The van der Waals surface area contributed by atoms with E-state index < -0.39 is 0 Å². The Morgan fingerprint density at radius 2 is 2.29 bits per heavy atom. The molecule has 2 N–H and O–H groups in total. The van der Waals surface area contributed by atoms with Gasteiger partial charge in [0.25, 0.3) is 0 Å². The molecule has 1 amide bonds. The van der Waals surface area contributed by atoms with Crippen molar-refractivity contribution in [1.82, 2.24) is 15.0 Å². The minimum atomic E-state index is 0.145. The summed E-state index contributed by atoms with van der Waals surface area (Å²) in [5.41, 5.74) is 5.93. The second-order valence-corrected chi connectivity index (χ2v) is 6.50. The van der Waals surface area contributed by atoms with Gasteiger partial charge in [-0.3, -0.25) is 4.79 Å². The molecule has 2 aliphatic rings. The van der Waals surface area contributed by atoms with Crippen molar-refractivity contribution in [3.63, 3.8) is 0 Å². The van der Waals surface area contributed by atoms with Gasteiger partial charge in [-0.2, -0.15) is 4.98 Å². The zero-order chi connectivity index (χ0) is 14.8. The zero-order valence-electron chi connectivity index (χ0n) is 12.6. The Labute approximate surface area is 125 Å². The third-order valence-corrected chi connectivity index (χ3v) is 4.69. The van der Waals surface area contributed by atoms with Crippen LogP contribution in [-0.4, -0.2) is 40.1 Å². The van der Waals surface area contributed by atoms with E-state index in [2.05, 4.69) is 10.1 Å². The fourth-order valence-electron chi connectivity index (χ4n) is 3.61. The van der Waals surface area contributed by atoms with Crippen LogP contribution in [0, 0.1) is 18.8 Å². The molecule has 1 saturated heterocycles. The molecule has 6 heteroatoms. The van der Waals surface area contributed by atoms with Crippen LogP contribution in [0.4, 0.5) is 0 Å². The first-order valence-corrected chi connectivity index (χ1v) is 7.95. The lowest BCUT2D eigenvalue weighted by molar-refractivity contribution is -0.137. The highest BCUT2D eigenvalue weighted by Crippen LogP contribution is 2.28. The summed E-state index contributed by atoms with van der Waals surface area (Å²) in [5, 5.41) is 3.96. The van der Waals surface area contributed by atoms with Crippen LogP contribution in [0.5, 0.6) is 0 Å². The number of aromatic nitrogens is 2. The lowest BCUT2D eigenvalue weighted by Gasteiger charge is -2.34. The second kappa shape index (κ2) is 6.13. The van der Waals surface area contributed by atoms with Gasteiger partial charge in [0.2, 0.25) is 11.8 Å². The second-order valence-electron chi connectivity index (χ2n) is 6.50. The number of nitrogens with two attached hydrogens (primary N) is 1. The summed E-state index contributed by atoms with van der Waals surface area (Å²) in [6, 6.07) is 0.210. The predicted molar refractivity (Wildman–Crippen MR) is 77.4 cm³/mol. The molecule has 21 heavy (non-hydrogen) atoms. The maximum Gasteiger partial charge on any atom is 0.225 e. The molecule has 3 atom stereocenters. The van der Waals surface area contributed by atoms with E-state index in [0.29, 0.717) is 17.7 Å². The van der Waals surface area contributed by atoms with Gasteiger partial charge in [-0.05, 0) is 38.0 Å². The molecule has 0 spiro atoms. The number of likely N-dealkylation sites (tertiary alicyclic amines) is 1. The van der Waals surface area contributed by atoms with E-state index in [1.54, 1.807) is 6.92 Å². The van der Waals surface area contributed by atoms with E-state index in [-0.39, 0.29) is 12.0 Å². The highest BCUT2D eigenvalue weighted by atomic mass is 16.5. The molecule has 0 aromatic carbocycles. The fraction of sp³-hybridized carbons (Fsp3) is 0.800. The fourth-order valence-corrected chi connectivity index (χ4v) is 3.61. The van der Waals surface area contributed by atoms with E-state index in [1.807, 2.05) is 4.90 Å². The Hall–Kier alpha value is -1.43. The normalized spacial score (nSPS) is 29.8. The first kappa shape index (κ1) is 14.5. The van der Waals surface area contributed by atoms with Crippen molar-refractivity contribution in [2.75, 3.05) is 13.1 Å². The van der Waals surface area contributed by atoms with E-state index in [9.17, 15) is 4.79 Å². The number of rotatable bonds is 3.